The van der Waals surface area contributed by atoms with Crippen molar-refractivity contribution in [1.82, 2.24) is 14.9 Å². The zero-order chi connectivity index (χ0) is 19.4. The highest BCUT2D eigenvalue weighted by molar-refractivity contribution is 5.95. The number of hydrogen-bond acceptors (Lipinski definition) is 3. The largest absolute Gasteiger partial charge is 0.434 e. The molecular formula is C20H19F2N3O2. The van der Waals surface area contributed by atoms with Crippen molar-refractivity contribution in [3.63, 3.8) is 0 Å². The maximum absolute atomic E-state index is 12.6. The van der Waals surface area contributed by atoms with Gasteiger partial charge in [0.2, 0.25) is 0 Å². The molecular weight excluding hydrogens is 352 g/mol. The lowest BCUT2D eigenvalue weighted by Crippen LogP contribution is -2.24. The summed E-state index contributed by atoms with van der Waals surface area (Å²) in [4.78, 5) is 17.0. The van der Waals surface area contributed by atoms with Gasteiger partial charge in [0.05, 0.1) is 5.56 Å². The van der Waals surface area contributed by atoms with Gasteiger partial charge in [-0.3, -0.25) is 4.79 Å². The fourth-order valence-corrected chi connectivity index (χ4v) is 2.96. The molecule has 0 atom stereocenters. The normalized spacial score (nSPS) is 10.9. The van der Waals surface area contributed by atoms with E-state index < -0.39 is 6.61 Å². The van der Waals surface area contributed by atoms with Crippen molar-refractivity contribution in [2.24, 2.45) is 0 Å². The number of aryl methyl sites for hydroxylation is 1. The molecule has 1 N–H and O–H groups in total. The van der Waals surface area contributed by atoms with E-state index in [0.717, 1.165) is 17.2 Å². The molecule has 0 radical (unpaired) electrons. The maximum atomic E-state index is 12.6. The van der Waals surface area contributed by atoms with Crippen molar-refractivity contribution >= 4 is 5.91 Å². The minimum Gasteiger partial charge on any atom is -0.434 e. The Labute approximate surface area is 155 Å². The van der Waals surface area contributed by atoms with Gasteiger partial charge in [-0.1, -0.05) is 24.3 Å². The van der Waals surface area contributed by atoms with Crippen LogP contribution in [-0.4, -0.2) is 22.1 Å². The third kappa shape index (κ3) is 4.13. The number of para-hydroxylation sites is 1. The molecule has 0 spiro atoms. The van der Waals surface area contributed by atoms with Gasteiger partial charge in [0.15, 0.2) is 0 Å². The van der Waals surface area contributed by atoms with Crippen LogP contribution in [0.15, 0.2) is 54.7 Å². The van der Waals surface area contributed by atoms with Crippen molar-refractivity contribution in [1.29, 1.82) is 0 Å². The highest BCUT2D eigenvalue weighted by atomic mass is 19.3. The van der Waals surface area contributed by atoms with Gasteiger partial charge in [0, 0.05) is 29.7 Å². The molecule has 3 aromatic rings. The Kier molecular flexibility index (Phi) is 5.49. The van der Waals surface area contributed by atoms with E-state index in [-0.39, 0.29) is 18.2 Å². The topological polar surface area (TPSA) is 56.1 Å². The molecule has 3 rings (SSSR count). The number of aromatic nitrogens is 2. The lowest BCUT2D eigenvalue weighted by Gasteiger charge is -2.12. The van der Waals surface area contributed by atoms with Crippen LogP contribution in [0.4, 0.5) is 8.78 Å². The number of nitrogens with zero attached hydrogens (tertiary/aromatic N) is 2. The van der Waals surface area contributed by atoms with Crippen LogP contribution >= 0.6 is 0 Å². The van der Waals surface area contributed by atoms with E-state index >= 15 is 0 Å². The van der Waals surface area contributed by atoms with Gasteiger partial charge >= 0.3 is 6.61 Å². The van der Waals surface area contributed by atoms with Crippen molar-refractivity contribution in [2.45, 2.75) is 27.0 Å². The van der Waals surface area contributed by atoms with Crippen LogP contribution in [-0.2, 0) is 6.54 Å². The molecule has 0 unspecified atom stereocenters. The second kappa shape index (κ2) is 7.99. The molecule has 7 heteroatoms. The first kappa shape index (κ1) is 18.6. The van der Waals surface area contributed by atoms with Gasteiger partial charge in [-0.15, -0.1) is 0 Å². The molecule has 0 saturated carbocycles. The SMILES string of the molecule is Cc1cc(C(=O)NCc2ccccc2OC(F)F)c(C)n1-c1ccccn1. The van der Waals surface area contributed by atoms with Gasteiger partial charge in [-0.2, -0.15) is 8.78 Å². The third-order valence-electron chi connectivity index (χ3n) is 4.18. The lowest BCUT2D eigenvalue weighted by atomic mass is 10.2. The molecule has 140 valence electrons. The fraction of sp³-hybridized carbons (Fsp3) is 0.200. The molecule has 0 aliphatic heterocycles. The summed E-state index contributed by atoms with van der Waals surface area (Å²) in [6.45, 7) is 0.892. The number of rotatable bonds is 6. The minimum absolute atomic E-state index is 0.0479. The van der Waals surface area contributed by atoms with Gasteiger partial charge < -0.3 is 14.6 Å². The van der Waals surface area contributed by atoms with E-state index in [0.29, 0.717) is 11.1 Å². The molecule has 1 aromatic carbocycles. The number of halogens is 2. The summed E-state index contributed by atoms with van der Waals surface area (Å²) in [6, 6.07) is 13.7. The second-order valence-electron chi connectivity index (χ2n) is 5.98. The van der Waals surface area contributed by atoms with E-state index in [9.17, 15) is 13.6 Å². The van der Waals surface area contributed by atoms with Gasteiger partial charge in [0.1, 0.15) is 11.6 Å². The van der Waals surface area contributed by atoms with Crippen LogP contribution in [0.3, 0.4) is 0 Å². The maximum Gasteiger partial charge on any atom is 0.387 e. The average molecular weight is 371 g/mol. The highest BCUT2D eigenvalue weighted by Gasteiger charge is 2.17. The molecule has 27 heavy (non-hydrogen) atoms. The molecule has 2 aromatic heterocycles. The van der Waals surface area contributed by atoms with E-state index in [1.54, 1.807) is 30.5 Å². The van der Waals surface area contributed by atoms with E-state index in [1.807, 2.05) is 36.6 Å². The number of amides is 1. The molecule has 0 aliphatic rings. The zero-order valence-electron chi connectivity index (χ0n) is 14.9. The van der Waals surface area contributed by atoms with Crippen LogP contribution in [0.25, 0.3) is 5.82 Å². The van der Waals surface area contributed by atoms with E-state index in [2.05, 4.69) is 15.0 Å². The minimum atomic E-state index is -2.92. The Bertz CT molecular complexity index is 940. The summed E-state index contributed by atoms with van der Waals surface area (Å²) >= 11 is 0. The number of hydrogen-bond donors (Lipinski definition) is 1. The summed E-state index contributed by atoms with van der Waals surface area (Å²) in [5.41, 5.74) is 2.61. The predicted octanol–water partition coefficient (Wildman–Crippen LogP) is 4.02. The van der Waals surface area contributed by atoms with Crippen molar-refractivity contribution < 1.29 is 18.3 Å². The number of nitrogens with one attached hydrogen (secondary N) is 1. The summed E-state index contributed by atoms with van der Waals surface area (Å²) in [5, 5.41) is 2.76. The van der Waals surface area contributed by atoms with Crippen LogP contribution < -0.4 is 10.1 Å². The Morgan fingerprint density at radius 3 is 2.63 bits per heavy atom. The molecule has 0 bridgehead atoms. The number of ether oxygens (including phenoxy) is 1. The number of benzene rings is 1. The molecule has 5 nitrogen and oxygen atoms in total. The zero-order valence-corrected chi connectivity index (χ0v) is 14.9. The van der Waals surface area contributed by atoms with Crippen molar-refractivity contribution in [2.75, 3.05) is 0 Å². The number of pyridine rings is 1. The fourth-order valence-electron chi connectivity index (χ4n) is 2.96. The summed E-state index contributed by atoms with van der Waals surface area (Å²) in [5.74, 6) is 0.478. The van der Waals surface area contributed by atoms with E-state index in [4.69, 9.17) is 0 Å². The smallest absolute Gasteiger partial charge is 0.387 e. The van der Waals surface area contributed by atoms with Crippen LogP contribution in [0.5, 0.6) is 5.75 Å². The van der Waals surface area contributed by atoms with Crippen LogP contribution in [0.2, 0.25) is 0 Å². The monoisotopic (exact) mass is 371 g/mol. The molecule has 1 amide bonds. The first-order valence-electron chi connectivity index (χ1n) is 8.38. The Morgan fingerprint density at radius 2 is 1.93 bits per heavy atom. The van der Waals surface area contributed by atoms with Crippen LogP contribution in [0.1, 0.15) is 27.3 Å². The summed E-state index contributed by atoms with van der Waals surface area (Å²) in [7, 11) is 0. The number of carbonyl (C=O) groups excluding carboxylic acids is 1. The molecule has 0 fully saturated rings. The van der Waals surface area contributed by atoms with Crippen LogP contribution in [0, 0.1) is 13.8 Å². The summed E-state index contributed by atoms with van der Waals surface area (Å²) in [6.07, 6.45) is 1.69. The predicted molar refractivity (Wildman–Crippen MR) is 97.3 cm³/mol. The quantitative estimate of drug-likeness (QED) is 0.712. The Morgan fingerprint density at radius 1 is 1.19 bits per heavy atom. The van der Waals surface area contributed by atoms with Crippen molar-refractivity contribution in [3.05, 3.63) is 77.2 Å². The average Bonchev–Trinajstić information content (AvgIpc) is 2.95. The Hall–Kier alpha value is -3.22. The molecule has 0 saturated heterocycles. The van der Waals surface area contributed by atoms with Crippen molar-refractivity contribution in [3.8, 4) is 11.6 Å². The number of carbonyl (C=O) groups is 1. The second-order valence-corrected chi connectivity index (χ2v) is 5.98. The lowest BCUT2D eigenvalue weighted by molar-refractivity contribution is -0.0504. The number of alkyl halides is 2. The highest BCUT2D eigenvalue weighted by Crippen LogP contribution is 2.22. The van der Waals surface area contributed by atoms with E-state index in [1.165, 1.54) is 6.07 Å². The van der Waals surface area contributed by atoms with Gasteiger partial charge in [0.25, 0.3) is 5.91 Å². The molecule has 2 heterocycles. The summed E-state index contributed by atoms with van der Waals surface area (Å²) < 4.78 is 31.4. The first-order valence-corrected chi connectivity index (χ1v) is 8.38. The standard InChI is InChI=1S/C20H19F2N3O2/c1-13-11-16(14(2)25(13)18-9-5-6-10-23-18)19(26)24-12-15-7-3-4-8-17(15)27-20(21)22/h3-11,20H,12H2,1-2H3,(H,24,26). The first-order chi connectivity index (χ1) is 13.0. The third-order valence-corrected chi connectivity index (χ3v) is 4.18. The van der Waals surface area contributed by atoms with Gasteiger partial charge in [-0.25, -0.2) is 4.98 Å². The van der Waals surface area contributed by atoms with Gasteiger partial charge in [-0.05, 0) is 38.1 Å². The molecule has 0 aliphatic carbocycles. The Balaban J connectivity index is 1.79.